The van der Waals surface area contributed by atoms with Gasteiger partial charge in [-0.1, -0.05) is 11.6 Å². The van der Waals surface area contributed by atoms with Crippen LogP contribution >= 0.6 is 22.9 Å². The van der Waals surface area contributed by atoms with Crippen molar-refractivity contribution in [3.8, 4) is 11.1 Å². The number of carbonyl (C=O) groups is 1. The second kappa shape index (κ2) is 3.36. The van der Waals surface area contributed by atoms with Crippen LogP contribution in [0.3, 0.4) is 0 Å². The maximum absolute atomic E-state index is 10.6. The summed E-state index contributed by atoms with van der Waals surface area (Å²) in [5.41, 5.74) is 1.60. The minimum Gasteiger partial charge on any atom is -0.461 e. The van der Waals surface area contributed by atoms with Crippen molar-refractivity contribution in [1.82, 2.24) is 0 Å². The highest BCUT2D eigenvalue weighted by atomic mass is 35.5. The van der Waals surface area contributed by atoms with Gasteiger partial charge in [-0.05, 0) is 17.5 Å². The first-order valence-electron chi connectivity index (χ1n) is 3.59. The summed E-state index contributed by atoms with van der Waals surface area (Å²) in [6, 6.07) is 3.60. The van der Waals surface area contributed by atoms with Crippen LogP contribution in [0, 0.1) is 0 Å². The number of hydrogen-bond donors (Lipinski definition) is 0. The molecule has 0 unspecified atom stereocenters. The van der Waals surface area contributed by atoms with Gasteiger partial charge in [0.05, 0.1) is 6.26 Å². The molecule has 0 aliphatic rings. The Morgan fingerprint density at radius 3 is 2.85 bits per heavy atom. The zero-order valence-corrected chi connectivity index (χ0v) is 8.06. The molecule has 0 aromatic carbocycles. The highest BCUT2D eigenvalue weighted by molar-refractivity contribution is 7.15. The van der Waals surface area contributed by atoms with E-state index in [0.29, 0.717) is 16.4 Å². The average Bonchev–Trinajstić information content (AvgIpc) is 2.71. The van der Waals surface area contributed by atoms with E-state index in [9.17, 15) is 4.79 Å². The van der Waals surface area contributed by atoms with Gasteiger partial charge in [-0.25, -0.2) is 0 Å². The summed E-state index contributed by atoms with van der Waals surface area (Å²) in [5.74, 6) is 0.320. The highest BCUT2D eigenvalue weighted by Gasteiger charge is 2.11. The SMILES string of the molecule is O=Cc1occc1-c1ccsc1Cl. The predicted octanol–water partition coefficient (Wildman–Crippen LogP) is 3.47. The van der Waals surface area contributed by atoms with Gasteiger partial charge in [0.25, 0.3) is 0 Å². The molecular weight excluding hydrogens is 208 g/mol. The van der Waals surface area contributed by atoms with E-state index in [1.165, 1.54) is 17.6 Å². The summed E-state index contributed by atoms with van der Waals surface area (Å²) >= 11 is 7.35. The van der Waals surface area contributed by atoms with Gasteiger partial charge in [0.15, 0.2) is 12.0 Å². The summed E-state index contributed by atoms with van der Waals surface area (Å²) in [6.45, 7) is 0. The first-order chi connectivity index (χ1) is 6.33. The minimum absolute atomic E-state index is 0.320. The normalized spacial score (nSPS) is 10.2. The average molecular weight is 213 g/mol. The molecule has 4 heteroatoms. The molecule has 2 rings (SSSR count). The van der Waals surface area contributed by atoms with Crippen LogP contribution in [-0.2, 0) is 0 Å². The van der Waals surface area contributed by atoms with Crippen LogP contribution in [0.2, 0.25) is 4.34 Å². The van der Waals surface area contributed by atoms with E-state index < -0.39 is 0 Å². The molecule has 0 aliphatic heterocycles. The zero-order chi connectivity index (χ0) is 9.26. The molecule has 13 heavy (non-hydrogen) atoms. The summed E-state index contributed by atoms with van der Waals surface area (Å²) in [6.07, 6.45) is 2.16. The topological polar surface area (TPSA) is 30.2 Å². The molecule has 0 saturated heterocycles. The Hall–Kier alpha value is -1.06. The third-order valence-electron chi connectivity index (χ3n) is 1.71. The highest BCUT2D eigenvalue weighted by Crippen LogP contribution is 2.34. The number of aldehydes is 1. The molecule has 0 saturated carbocycles. The fourth-order valence-electron chi connectivity index (χ4n) is 1.12. The second-order valence-electron chi connectivity index (χ2n) is 2.42. The van der Waals surface area contributed by atoms with Crippen molar-refractivity contribution < 1.29 is 9.21 Å². The first kappa shape index (κ1) is 8.53. The molecule has 0 amide bonds. The molecule has 0 fully saturated rings. The maximum atomic E-state index is 10.6. The number of rotatable bonds is 2. The van der Waals surface area contributed by atoms with Crippen LogP contribution in [0.25, 0.3) is 11.1 Å². The Balaban J connectivity index is 2.58. The largest absolute Gasteiger partial charge is 0.461 e. The van der Waals surface area contributed by atoms with Gasteiger partial charge in [-0.15, -0.1) is 11.3 Å². The molecule has 0 spiro atoms. The minimum atomic E-state index is 0.320. The van der Waals surface area contributed by atoms with Gasteiger partial charge in [0.2, 0.25) is 0 Å². The molecule has 0 aliphatic carbocycles. The lowest BCUT2D eigenvalue weighted by molar-refractivity contribution is 0.110. The summed E-state index contributed by atoms with van der Waals surface area (Å²) in [5, 5.41) is 1.87. The molecular formula is C9H5ClO2S. The van der Waals surface area contributed by atoms with Crippen molar-refractivity contribution in [3.63, 3.8) is 0 Å². The standard InChI is InChI=1S/C9H5ClO2S/c10-9-7(2-4-13-9)6-1-3-12-8(6)5-11/h1-5H. The Kier molecular flexibility index (Phi) is 2.20. The first-order valence-corrected chi connectivity index (χ1v) is 4.84. The van der Waals surface area contributed by atoms with Gasteiger partial charge >= 0.3 is 0 Å². The van der Waals surface area contributed by atoms with Gasteiger partial charge in [0, 0.05) is 11.1 Å². The molecule has 0 radical (unpaired) electrons. The van der Waals surface area contributed by atoms with E-state index in [0.717, 1.165) is 11.1 Å². The van der Waals surface area contributed by atoms with E-state index in [4.69, 9.17) is 16.0 Å². The number of furan rings is 1. The number of thiophene rings is 1. The Morgan fingerprint density at radius 1 is 1.38 bits per heavy atom. The monoisotopic (exact) mass is 212 g/mol. The molecule has 0 atom stereocenters. The second-order valence-corrected chi connectivity index (χ2v) is 3.94. The van der Waals surface area contributed by atoms with Gasteiger partial charge < -0.3 is 4.42 Å². The number of halogens is 1. The summed E-state index contributed by atoms with van der Waals surface area (Å²) in [7, 11) is 0. The van der Waals surface area contributed by atoms with Crippen LogP contribution in [0.5, 0.6) is 0 Å². The van der Waals surface area contributed by atoms with Crippen molar-refractivity contribution in [2.45, 2.75) is 0 Å². The molecule has 2 aromatic heterocycles. The van der Waals surface area contributed by atoms with Crippen LogP contribution in [0.4, 0.5) is 0 Å². The van der Waals surface area contributed by atoms with Crippen molar-refractivity contribution in [2.24, 2.45) is 0 Å². The molecule has 0 N–H and O–H groups in total. The van der Waals surface area contributed by atoms with E-state index in [-0.39, 0.29) is 0 Å². The fourth-order valence-corrected chi connectivity index (χ4v) is 2.07. The van der Waals surface area contributed by atoms with Crippen LogP contribution in [-0.4, -0.2) is 6.29 Å². The predicted molar refractivity (Wildman–Crippen MR) is 52.4 cm³/mol. The zero-order valence-electron chi connectivity index (χ0n) is 6.49. The Labute approximate surface area is 83.8 Å². The van der Waals surface area contributed by atoms with E-state index in [1.54, 1.807) is 6.07 Å². The maximum Gasteiger partial charge on any atom is 0.185 e. The Bertz CT molecular complexity index is 430. The smallest absolute Gasteiger partial charge is 0.185 e. The van der Waals surface area contributed by atoms with Crippen LogP contribution in [0.15, 0.2) is 28.2 Å². The summed E-state index contributed by atoms with van der Waals surface area (Å²) in [4.78, 5) is 10.6. The van der Waals surface area contributed by atoms with Crippen molar-refractivity contribution in [1.29, 1.82) is 0 Å². The third kappa shape index (κ3) is 1.41. The molecule has 2 heterocycles. The van der Waals surface area contributed by atoms with Crippen LogP contribution < -0.4 is 0 Å². The number of carbonyl (C=O) groups excluding carboxylic acids is 1. The lowest BCUT2D eigenvalue weighted by Crippen LogP contribution is -1.78. The van der Waals surface area contributed by atoms with Crippen molar-refractivity contribution in [3.05, 3.63) is 33.9 Å². The van der Waals surface area contributed by atoms with E-state index in [2.05, 4.69) is 0 Å². The molecule has 0 bridgehead atoms. The quantitative estimate of drug-likeness (QED) is 0.714. The van der Waals surface area contributed by atoms with Crippen LogP contribution in [0.1, 0.15) is 10.6 Å². The number of hydrogen-bond acceptors (Lipinski definition) is 3. The van der Waals surface area contributed by atoms with E-state index in [1.807, 2.05) is 11.4 Å². The summed E-state index contributed by atoms with van der Waals surface area (Å²) < 4.78 is 5.64. The van der Waals surface area contributed by atoms with Crippen molar-refractivity contribution >= 4 is 29.2 Å². The van der Waals surface area contributed by atoms with Crippen molar-refractivity contribution in [2.75, 3.05) is 0 Å². The molecule has 66 valence electrons. The fraction of sp³-hybridized carbons (Fsp3) is 0. The lowest BCUT2D eigenvalue weighted by atomic mass is 10.1. The molecule has 2 nitrogen and oxygen atoms in total. The Morgan fingerprint density at radius 2 is 2.23 bits per heavy atom. The third-order valence-corrected chi connectivity index (χ3v) is 2.88. The lowest BCUT2D eigenvalue weighted by Gasteiger charge is -1.93. The van der Waals surface area contributed by atoms with Gasteiger partial charge in [0.1, 0.15) is 4.34 Å². The van der Waals surface area contributed by atoms with Gasteiger partial charge in [-0.3, -0.25) is 4.79 Å². The van der Waals surface area contributed by atoms with E-state index >= 15 is 0 Å². The molecule has 2 aromatic rings. The van der Waals surface area contributed by atoms with Gasteiger partial charge in [-0.2, -0.15) is 0 Å².